The van der Waals surface area contributed by atoms with Crippen molar-refractivity contribution in [3.8, 4) is 0 Å². The molecule has 0 atom stereocenters. The maximum absolute atomic E-state index is 12.7. The van der Waals surface area contributed by atoms with Crippen LogP contribution in [0.4, 0.5) is 0 Å². The number of likely N-dealkylation sites (tertiary alicyclic amines) is 1. The molecule has 3 rings (SSSR count). The number of piperidine rings is 1. The second-order valence-corrected chi connectivity index (χ2v) is 8.18. The predicted octanol–water partition coefficient (Wildman–Crippen LogP) is 4.84. The quantitative estimate of drug-likeness (QED) is 0.765. The van der Waals surface area contributed by atoms with Gasteiger partial charge in [-0.15, -0.1) is 0 Å². The molecule has 138 valence electrons. The average molecular weight is 344 g/mol. The molecule has 0 bridgehead atoms. The molecule has 0 N–H and O–H groups in total. The highest BCUT2D eigenvalue weighted by Crippen LogP contribution is 2.25. The number of rotatable bonds is 5. The molecule has 3 heteroatoms. The predicted molar refractivity (Wildman–Crippen MR) is 102 cm³/mol. The number of ether oxygens (including phenoxy) is 1. The van der Waals surface area contributed by atoms with Crippen molar-refractivity contribution in [2.75, 3.05) is 13.1 Å². The van der Waals surface area contributed by atoms with E-state index < -0.39 is 0 Å². The monoisotopic (exact) mass is 343 g/mol. The zero-order valence-corrected chi connectivity index (χ0v) is 15.9. The van der Waals surface area contributed by atoms with Crippen LogP contribution in [0.3, 0.4) is 0 Å². The summed E-state index contributed by atoms with van der Waals surface area (Å²) in [5, 5.41) is 0. The molecule has 1 saturated carbocycles. The van der Waals surface area contributed by atoms with Gasteiger partial charge in [0.05, 0.1) is 12.2 Å². The van der Waals surface area contributed by atoms with Gasteiger partial charge in [0.15, 0.2) is 0 Å². The minimum atomic E-state index is 0.173. The highest BCUT2D eigenvalue weighted by molar-refractivity contribution is 5.94. The smallest absolute Gasteiger partial charge is 0.253 e. The van der Waals surface area contributed by atoms with E-state index >= 15 is 0 Å². The first-order chi connectivity index (χ1) is 12.1. The fourth-order valence-corrected chi connectivity index (χ4v) is 4.11. The summed E-state index contributed by atoms with van der Waals surface area (Å²) in [6, 6.07) is 8.19. The summed E-state index contributed by atoms with van der Waals surface area (Å²) < 4.78 is 6.28. The van der Waals surface area contributed by atoms with E-state index in [-0.39, 0.29) is 5.91 Å². The van der Waals surface area contributed by atoms with Crippen molar-refractivity contribution in [2.45, 2.75) is 77.4 Å². The van der Waals surface area contributed by atoms with E-state index in [4.69, 9.17) is 4.74 Å². The van der Waals surface area contributed by atoms with Gasteiger partial charge in [0.1, 0.15) is 0 Å². The van der Waals surface area contributed by atoms with Crippen LogP contribution in [0.15, 0.2) is 24.3 Å². The lowest BCUT2D eigenvalue weighted by Crippen LogP contribution is -2.42. The Balaban J connectivity index is 1.47. The Bertz CT molecular complexity index is 538. The molecule has 0 unspecified atom stereocenters. The first kappa shape index (κ1) is 18.4. The number of hydrogen-bond donors (Lipinski definition) is 0. The van der Waals surface area contributed by atoms with Crippen molar-refractivity contribution in [2.24, 2.45) is 5.92 Å². The Kier molecular flexibility index (Phi) is 6.52. The number of carbonyl (C=O) groups is 1. The zero-order valence-electron chi connectivity index (χ0n) is 15.9. The normalized spacial score (nSPS) is 20.2. The van der Waals surface area contributed by atoms with E-state index in [1.165, 1.54) is 37.7 Å². The van der Waals surface area contributed by atoms with Crippen molar-refractivity contribution in [1.29, 1.82) is 0 Å². The van der Waals surface area contributed by atoms with Gasteiger partial charge in [-0.25, -0.2) is 0 Å². The number of amides is 1. The lowest BCUT2D eigenvalue weighted by Gasteiger charge is -2.35. The minimum Gasteiger partial charge on any atom is -0.375 e. The molecule has 1 amide bonds. The van der Waals surface area contributed by atoms with Crippen LogP contribution in [-0.4, -0.2) is 36.1 Å². The Morgan fingerprint density at radius 1 is 1.00 bits per heavy atom. The summed E-state index contributed by atoms with van der Waals surface area (Å²) in [5.41, 5.74) is 2.13. The first-order valence-electron chi connectivity index (χ1n) is 10.2. The fourth-order valence-electron chi connectivity index (χ4n) is 4.11. The molecular weight excluding hydrogens is 310 g/mol. The third kappa shape index (κ3) is 5.31. The molecule has 2 aliphatic rings. The van der Waals surface area contributed by atoms with E-state index in [2.05, 4.69) is 26.0 Å². The van der Waals surface area contributed by atoms with Crippen LogP contribution in [-0.2, 0) is 11.2 Å². The molecule has 1 aromatic carbocycles. The van der Waals surface area contributed by atoms with Crippen molar-refractivity contribution < 1.29 is 9.53 Å². The fraction of sp³-hybridized carbons (Fsp3) is 0.682. The van der Waals surface area contributed by atoms with Crippen molar-refractivity contribution >= 4 is 5.91 Å². The second kappa shape index (κ2) is 8.84. The maximum atomic E-state index is 12.7. The minimum absolute atomic E-state index is 0.173. The molecule has 3 nitrogen and oxygen atoms in total. The van der Waals surface area contributed by atoms with Gasteiger partial charge in [0.2, 0.25) is 0 Å². The molecule has 0 aromatic heterocycles. The van der Waals surface area contributed by atoms with E-state index in [9.17, 15) is 4.79 Å². The highest BCUT2D eigenvalue weighted by atomic mass is 16.5. The number of hydrogen-bond acceptors (Lipinski definition) is 2. The van der Waals surface area contributed by atoms with Gasteiger partial charge in [-0.1, -0.05) is 45.2 Å². The third-order valence-corrected chi connectivity index (χ3v) is 5.51. The molecule has 0 radical (unpaired) electrons. The van der Waals surface area contributed by atoms with E-state index in [0.29, 0.717) is 18.1 Å². The molecule has 1 heterocycles. The molecule has 2 fully saturated rings. The average Bonchev–Trinajstić information content (AvgIpc) is 2.63. The van der Waals surface area contributed by atoms with Gasteiger partial charge in [-0.2, -0.15) is 0 Å². The lowest BCUT2D eigenvalue weighted by atomic mass is 9.97. The molecule has 1 saturated heterocycles. The molecule has 1 aromatic rings. The lowest BCUT2D eigenvalue weighted by molar-refractivity contribution is -0.0527. The van der Waals surface area contributed by atoms with Crippen LogP contribution in [0.25, 0.3) is 0 Å². The van der Waals surface area contributed by atoms with Gasteiger partial charge in [-0.05, 0) is 55.7 Å². The Morgan fingerprint density at radius 2 is 1.60 bits per heavy atom. The van der Waals surface area contributed by atoms with Crippen molar-refractivity contribution in [3.05, 3.63) is 35.4 Å². The summed E-state index contributed by atoms with van der Waals surface area (Å²) >= 11 is 0. The van der Waals surface area contributed by atoms with Gasteiger partial charge in [0.25, 0.3) is 5.91 Å². The number of nitrogens with zero attached hydrogens (tertiary/aromatic N) is 1. The van der Waals surface area contributed by atoms with Crippen LogP contribution in [0.5, 0.6) is 0 Å². The molecule has 25 heavy (non-hydrogen) atoms. The van der Waals surface area contributed by atoms with Gasteiger partial charge in [-0.3, -0.25) is 4.79 Å². The standard InChI is InChI=1S/C22H33NO2/c1-17(2)16-18-8-10-19(11-9-18)22(24)23-14-12-21(13-15-23)25-20-6-4-3-5-7-20/h8-11,17,20-21H,3-7,12-16H2,1-2H3. The second-order valence-electron chi connectivity index (χ2n) is 8.18. The Labute approximate surface area is 152 Å². The van der Waals surface area contributed by atoms with E-state index in [1.54, 1.807) is 0 Å². The zero-order chi connectivity index (χ0) is 17.6. The van der Waals surface area contributed by atoms with Crippen LogP contribution in [0.1, 0.15) is 74.7 Å². The maximum Gasteiger partial charge on any atom is 0.253 e. The van der Waals surface area contributed by atoms with Gasteiger partial charge >= 0.3 is 0 Å². The van der Waals surface area contributed by atoms with E-state index in [1.807, 2.05) is 17.0 Å². The third-order valence-electron chi connectivity index (χ3n) is 5.51. The van der Waals surface area contributed by atoms with Crippen LogP contribution < -0.4 is 0 Å². The van der Waals surface area contributed by atoms with E-state index in [0.717, 1.165) is 37.9 Å². The first-order valence-corrected chi connectivity index (χ1v) is 10.2. The number of benzene rings is 1. The van der Waals surface area contributed by atoms with Crippen LogP contribution in [0, 0.1) is 5.92 Å². The highest BCUT2D eigenvalue weighted by Gasteiger charge is 2.26. The molecule has 1 aliphatic heterocycles. The summed E-state index contributed by atoms with van der Waals surface area (Å²) in [6.45, 7) is 6.09. The van der Waals surface area contributed by atoms with Gasteiger partial charge < -0.3 is 9.64 Å². The van der Waals surface area contributed by atoms with Crippen molar-refractivity contribution in [1.82, 2.24) is 4.90 Å². The summed E-state index contributed by atoms with van der Waals surface area (Å²) in [5.74, 6) is 0.817. The largest absolute Gasteiger partial charge is 0.375 e. The summed E-state index contributed by atoms with van der Waals surface area (Å²) in [6.07, 6.45) is 10.3. The van der Waals surface area contributed by atoms with Crippen LogP contribution >= 0.6 is 0 Å². The van der Waals surface area contributed by atoms with Crippen molar-refractivity contribution in [3.63, 3.8) is 0 Å². The topological polar surface area (TPSA) is 29.5 Å². The van der Waals surface area contributed by atoms with Gasteiger partial charge in [0, 0.05) is 18.7 Å². The molecule has 1 aliphatic carbocycles. The summed E-state index contributed by atoms with van der Waals surface area (Å²) in [7, 11) is 0. The Morgan fingerprint density at radius 3 is 2.20 bits per heavy atom. The Hall–Kier alpha value is -1.35. The molecular formula is C22H33NO2. The molecule has 0 spiro atoms. The summed E-state index contributed by atoms with van der Waals surface area (Å²) in [4.78, 5) is 14.7. The number of carbonyl (C=O) groups excluding carboxylic acids is 1. The SMILES string of the molecule is CC(C)Cc1ccc(C(=O)N2CCC(OC3CCCCC3)CC2)cc1. The van der Waals surface area contributed by atoms with Crippen LogP contribution in [0.2, 0.25) is 0 Å².